The normalized spacial score (nSPS) is 12.2. The van der Waals surface area contributed by atoms with Crippen LogP contribution in [0.25, 0.3) is 46.6 Å². The molecule has 7 heteroatoms. The summed E-state index contributed by atoms with van der Waals surface area (Å²) in [5.41, 5.74) is 5.13. The molecule has 2 aliphatic carbocycles. The quantitative estimate of drug-likeness (QED) is 0.147. The number of rotatable bonds is 6. The lowest BCUT2D eigenvalue weighted by atomic mass is 9.85. The molecular weight excluding hydrogens is 456 g/mol. The van der Waals surface area contributed by atoms with Crippen LogP contribution in [-0.2, 0) is 0 Å². The predicted molar refractivity (Wildman–Crippen MR) is 138 cm³/mol. The summed E-state index contributed by atoms with van der Waals surface area (Å²) in [5, 5.41) is 23.9. The SMILES string of the molecule is O=C(c1cccc([N+](=O)[O-])c1-c1ccc2c(c1)C=C2)c1cccc([N+](=O)[O-])c1-c1ccc2c(c1)C=C2. The van der Waals surface area contributed by atoms with Crippen molar-refractivity contribution in [2.24, 2.45) is 0 Å². The average molecular weight is 472 g/mol. The predicted octanol–water partition coefficient (Wildman–Crippen LogP) is 7.04. The highest BCUT2D eigenvalue weighted by Gasteiger charge is 2.29. The third kappa shape index (κ3) is 3.25. The molecule has 0 aliphatic heterocycles. The van der Waals surface area contributed by atoms with Crippen molar-refractivity contribution in [2.45, 2.75) is 0 Å². The number of nitro benzene ring substituents is 2. The highest BCUT2D eigenvalue weighted by atomic mass is 16.6. The van der Waals surface area contributed by atoms with Gasteiger partial charge in [-0.15, -0.1) is 0 Å². The van der Waals surface area contributed by atoms with Gasteiger partial charge >= 0.3 is 0 Å². The standard InChI is InChI=1S/C29H16N2O5/c32-29(23-3-1-5-25(30(33)34)27(23)21-13-9-17-7-11-19(17)15-21)24-4-2-6-26(31(35)36)28(24)22-14-10-18-8-12-20(18)16-22/h1-16H. The third-order valence-electron chi connectivity index (χ3n) is 6.60. The second-order valence-corrected chi connectivity index (χ2v) is 8.60. The maximum Gasteiger partial charge on any atom is 0.277 e. The number of carbonyl (C=O) groups excluding carboxylic acids is 1. The fourth-order valence-corrected chi connectivity index (χ4v) is 4.73. The molecule has 0 heterocycles. The summed E-state index contributed by atoms with van der Waals surface area (Å²) in [4.78, 5) is 36.9. The molecule has 172 valence electrons. The molecule has 0 fully saturated rings. The van der Waals surface area contributed by atoms with E-state index in [1.165, 1.54) is 36.4 Å². The summed E-state index contributed by atoms with van der Waals surface area (Å²) >= 11 is 0. The van der Waals surface area contributed by atoms with Gasteiger partial charge in [0.05, 0.1) is 21.0 Å². The lowest BCUT2D eigenvalue weighted by Gasteiger charge is -2.17. The highest BCUT2D eigenvalue weighted by molar-refractivity contribution is 6.18. The number of hydrogen-bond acceptors (Lipinski definition) is 5. The van der Waals surface area contributed by atoms with Gasteiger partial charge in [0, 0.05) is 23.3 Å². The Bertz CT molecular complexity index is 1590. The van der Waals surface area contributed by atoms with Crippen molar-refractivity contribution < 1.29 is 14.6 Å². The molecule has 0 unspecified atom stereocenters. The first-order valence-electron chi connectivity index (χ1n) is 11.2. The van der Waals surface area contributed by atoms with Crippen LogP contribution in [0.3, 0.4) is 0 Å². The van der Waals surface area contributed by atoms with Crippen molar-refractivity contribution in [3.05, 3.63) is 126 Å². The lowest BCUT2D eigenvalue weighted by Crippen LogP contribution is -2.09. The Morgan fingerprint density at radius 3 is 1.31 bits per heavy atom. The molecule has 2 aliphatic rings. The topological polar surface area (TPSA) is 103 Å². The van der Waals surface area contributed by atoms with Crippen LogP contribution in [0.15, 0.2) is 72.8 Å². The zero-order valence-electron chi connectivity index (χ0n) is 18.7. The first-order valence-corrected chi connectivity index (χ1v) is 11.2. The molecule has 0 aromatic heterocycles. The molecular formula is C29H16N2O5. The van der Waals surface area contributed by atoms with Crippen molar-refractivity contribution in [3.8, 4) is 22.3 Å². The van der Waals surface area contributed by atoms with Crippen molar-refractivity contribution in [1.82, 2.24) is 0 Å². The number of fused-ring (bicyclic) bond motifs is 2. The Hall–Kier alpha value is -5.17. The van der Waals surface area contributed by atoms with Crippen molar-refractivity contribution >= 4 is 41.5 Å². The molecule has 0 radical (unpaired) electrons. The van der Waals surface area contributed by atoms with Crippen LogP contribution in [0.1, 0.15) is 38.2 Å². The summed E-state index contributed by atoms with van der Waals surface area (Å²) in [7, 11) is 0. The van der Waals surface area contributed by atoms with E-state index in [9.17, 15) is 25.0 Å². The maximum atomic E-state index is 14.0. The van der Waals surface area contributed by atoms with E-state index >= 15 is 0 Å². The van der Waals surface area contributed by atoms with Gasteiger partial charge in [-0.05, 0) is 57.6 Å². The van der Waals surface area contributed by atoms with Crippen LogP contribution in [-0.4, -0.2) is 15.6 Å². The van der Waals surface area contributed by atoms with Gasteiger partial charge < -0.3 is 0 Å². The Labute approximate surface area is 205 Å². The Morgan fingerprint density at radius 1 is 0.556 bits per heavy atom. The average Bonchev–Trinajstić information content (AvgIpc) is 2.84. The second-order valence-electron chi connectivity index (χ2n) is 8.60. The molecule has 4 aromatic carbocycles. The van der Waals surface area contributed by atoms with Crippen molar-refractivity contribution in [1.29, 1.82) is 0 Å². The van der Waals surface area contributed by atoms with Gasteiger partial charge in [0.2, 0.25) is 0 Å². The third-order valence-corrected chi connectivity index (χ3v) is 6.60. The van der Waals surface area contributed by atoms with Crippen LogP contribution in [0, 0.1) is 20.2 Å². The number of nitrogens with zero attached hydrogens (tertiary/aromatic N) is 2. The number of hydrogen-bond donors (Lipinski definition) is 0. The van der Waals surface area contributed by atoms with Crippen LogP contribution in [0.4, 0.5) is 11.4 Å². The molecule has 0 atom stereocenters. The zero-order valence-corrected chi connectivity index (χ0v) is 18.7. The molecule has 36 heavy (non-hydrogen) atoms. The monoisotopic (exact) mass is 472 g/mol. The van der Waals surface area contributed by atoms with Gasteiger partial charge in [-0.3, -0.25) is 25.0 Å². The lowest BCUT2D eigenvalue weighted by molar-refractivity contribution is -0.384. The van der Waals surface area contributed by atoms with Gasteiger partial charge in [0.25, 0.3) is 11.4 Å². The first-order chi connectivity index (χ1) is 17.4. The van der Waals surface area contributed by atoms with Gasteiger partial charge in [-0.1, -0.05) is 60.7 Å². The minimum Gasteiger partial charge on any atom is -0.289 e. The van der Waals surface area contributed by atoms with Gasteiger partial charge in [-0.25, -0.2) is 0 Å². The Kier molecular flexibility index (Phi) is 4.72. The highest BCUT2D eigenvalue weighted by Crippen LogP contribution is 2.41. The van der Waals surface area contributed by atoms with Crippen molar-refractivity contribution in [2.75, 3.05) is 0 Å². The summed E-state index contributed by atoms with van der Waals surface area (Å²) in [6, 6.07) is 19.5. The fourth-order valence-electron chi connectivity index (χ4n) is 4.73. The van der Waals surface area contributed by atoms with E-state index in [0.717, 1.165) is 22.3 Å². The van der Waals surface area contributed by atoms with E-state index in [4.69, 9.17) is 0 Å². The Morgan fingerprint density at radius 2 is 0.972 bits per heavy atom. The second kappa shape index (κ2) is 7.95. The van der Waals surface area contributed by atoms with E-state index in [1.54, 1.807) is 12.1 Å². The Balaban J connectivity index is 1.58. The van der Waals surface area contributed by atoms with Crippen LogP contribution < -0.4 is 0 Å². The molecule has 0 spiro atoms. The van der Waals surface area contributed by atoms with E-state index < -0.39 is 15.6 Å². The smallest absolute Gasteiger partial charge is 0.277 e. The van der Waals surface area contributed by atoms with Crippen LogP contribution in [0.2, 0.25) is 0 Å². The minimum absolute atomic E-state index is 0.109. The first kappa shape index (κ1) is 21.4. The zero-order chi connectivity index (χ0) is 25.0. The van der Waals surface area contributed by atoms with Gasteiger partial charge in [0.1, 0.15) is 0 Å². The largest absolute Gasteiger partial charge is 0.289 e. The van der Waals surface area contributed by atoms with Crippen LogP contribution >= 0.6 is 0 Å². The molecule has 6 rings (SSSR count). The van der Waals surface area contributed by atoms with E-state index in [-0.39, 0.29) is 33.6 Å². The van der Waals surface area contributed by atoms with Gasteiger partial charge in [-0.2, -0.15) is 0 Å². The molecule has 7 nitrogen and oxygen atoms in total. The number of ketones is 1. The van der Waals surface area contributed by atoms with Crippen molar-refractivity contribution in [3.63, 3.8) is 0 Å². The number of benzene rings is 4. The summed E-state index contributed by atoms with van der Waals surface area (Å²) < 4.78 is 0. The number of nitro groups is 2. The molecule has 4 aromatic rings. The molecule has 0 saturated heterocycles. The van der Waals surface area contributed by atoms with Crippen LogP contribution in [0.5, 0.6) is 0 Å². The van der Waals surface area contributed by atoms with Gasteiger partial charge in [0.15, 0.2) is 5.78 Å². The summed E-state index contributed by atoms with van der Waals surface area (Å²) in [6.07, 6.45) is 7.66. The molecule has 0 amide bonds. The summed E-state index contributed by atoms with van der Waals surface area (Å²) in [6.45, 7) is 0. The molecule has 0 bridgehead atoms. The van der Waals surface area contributed by atoms with E-state index in [0.29, 0.717) is 11.1 Å². The summed E-state index contributed by atoms with van der Waals surface area (Å²) in [5.74, 6) is -0.524. The minimum atomic E-state index is -0.524. The van der Waals surface area contributed by atoms with E-state index in [1.807, 2.05) is 48.6 Å². The van der Waals surface area contributed by atoms with E-state index in [2.05, 4.69) is 0 Å². The fraction of sp³-hybridized carbons (Fsp3) is 0. The molecule has 0 N–H and O–H groups in total. The maximum absolute atomic E-state index is 14.0. The molecule has 0 saturated carbocycles. The number of carbonyl (C=O) groups is 1.